The van der Waals surface area contributed by atoms with Crippen LogP contribution >= 0.6 is 0 Å². The molecule has 1 aromatic rings. The van der Waals surface area contributed by atoms with Crippen LogP contribution in [0.1, 0.15) is 31.4 Å². The zero-order valence-corrected chi connectivity index (χ0v) is 6.70. The number of nitrogens with zero attached hydrogens (tertiary/aromatic N) is 2. The highest BCUT2D eigenvalue weighted by molar-refractivity contribution is 5.07. The Hall–Kier alpha value is -0.960. The Morgan fingerprint density at radius 3 is 2.64 bits per heavy atom. The van der Waals surface area contributed by atoms with Gasteiger partial charge in [0.1, 0.15) is 6.33 Å². The van der Waals surface area contributed by atoms with E-state index in [2.05, 4.69) is 16.9 Å². The molecule has 0 amide bonds. The Balaban J connectivity index is 2.61. The van der Waals surface area contributed by atoms with Crippen LogP contribution in [0.3, 0.4) is 0 Å². The minimum absolute atomic E-state index is 0.0983. The van der Waals surface area contributed by atoms with E-state index in [9.17, 15) is 0 Å². The summed E-state index contributed by atoms with van der Waals surface area (Å²) in [5, 5.41) is 0. The van der Waals surface area contributed by atoms with Gasteiger partial charge in [0.25, 0.3) is 0 Å². The number of hydrogen-bond acceptors (Lipinski definition) is 3. The highest BCUT2D eigenvalue weighted by Crippen LogP contribution is 2.11. The topological polar surface area (TPSA) is 51.8 Å². The van der Waals surface area contributed by atoms with E-state index in [-0.39, 0.29) is 6.04 Å². The first-order chi connectivity index (χ1) is 5.34. The zero-order chi connectivity index (χ0) is 8.10. The second kappa shape index (κ2) is 4.03. The lowest BCUT2D eigenvalue weighted by Gasteiger charge is -2.07. The molecule has 0 unspecified atom stereocenters. The molecule has 60 valence electrons. The molecule has 0 spiro atoms. The molecule has 1 atom stereocenters. The predicted molar refractivity (Wildman–Crippen MR) is 43.9 cm³/mol. The lowest BCUT2D eigenvalue weighted by Crippen LogP contribution is -2.10. The Morgan fingerprint density at radius 2 is 2.09 bits per heavy atom. The van der Waals surface area contributed by atoms with Crippen molar-refractivity contribution in [2.24, 2.45) is 5.73 Å². The van der Waals surface area contributed by atoms with Gasteiger partial charge in [-0.15, -0.1) is 0 Å². The lowest BCUT2D eigenvalue weighted by atomic mass is 10.1. The van der Waals surface area contributed by atoms with Gasteiger partial charge in [-0.3, -0.25) is 0 Å². The van der Waals surface area contributed by atoms with Crippen LogP contribution < -0.4 is 5.73 Å². The maximum Gasteiger partial charge on any atom is 0.115 e. The van der Waals surface area contributed by atoms with E-state index in [1.807, 2.05) is 0 Å². The molecule has 0 aliphatic carbocycles. The van der Waals surface area contributed by atoms with E-state index in [1.165, 1.54) is 6.33 Å². The van der Waals surface area contributed by atoms with Crippen LogP contribution in [0.5, 0.6) is 0 Å². The van der Waals surface area contributed by atoms with Crippen LogP contribution in [0.15, 0.2) is 18.7 Å². The molecule has 1 heterocycles. The van der Waals surface area contributed by atoms with Gasteiger partial charge in [-0.25, -0.2) is 9.97 Å². The third kappa shape index (κ3) is 2.27. The quantitative estimate of drug-likeness (QED) is 0.707. The molecular formula is C8H13N3. The third-order valence-corrected chi connectivity index (χ3v) is 1.61. The van der Waals surface area contributed by atoms with Gasteiger partial charge >= 0.3 is 0 Å². The first kappa shape index (κ1) is 8.14. The lowest BCUT2D eigenvalue weighted by molar-refractivity contribution is 0.633. The minimum Gasteiger partial charge on any atom is -0.324 e. The largest absolute Gasteiger partial charge is 0.324 e. The molecule has 0 saturated heterocycles. The van der Waals surface area contributed by atoms with Gasteiger partial charge in [0.2, 0.25) is 0 Å². The maximum atomic E-state index is 5.83. The van der Waals surface area contributed by atoms with E-state index in [4.69, 9.17) is 5.73 Å². The standard InChI is InChI=1S/C8H13N3/c1-2-3-8(9)7-4-10-6-11-5-7/h4-6,8H,2-3,9H2,1H3/t8-/m1/s1. The normalized spacial score (nSPS) is 12.9. The highest BCUT2D eigenvalue weighted by Gasteiger charge is 2.03. The second-order valence-electron chi connectivity index (χ2n) is 2.57. The Labute approximate surface area is 66.7 Å². The Bertz CT molecular complexity index is 198. The van der Waals surface area contributed by atoms with Crippen LogP contribution in [0.4, 0.5) is 0 Å². The zero-order valence-electron chi connectivity index (χ0n) is 6.70. The average molecular weight is 151 g/mol. The summed E-state index contributed by atoms with van der Waals surface area (Å²) < 4.78 is 0. The first-order valence-corrected chi connectivity index (χ1v) is 3.85. The van der Waals surface area contributed by atoms with E-state index in [1.54, 1.807) is 12.4 Å². The summed E-state index contributed by atoms with van der Waals surface area (Å²) in [5.41, 5.74) is 6.85. The molecule has 2 N–H and O–H groups in total. The van der Waals surface area contributed by atoms with Crippen molar-refractivity contribution in [3.63, 3.8) is 0 Å². The van der Waals surface area contributed by atoms with Crippen molar-refractivity contribution in [2.75, 3.05) is 0 Å². The SMILES string of the molecule is CCC[C@@H](N)c1cncnc1. The fourth-order valence-electron chi connectivity index (χ4n) is 0.980. The molecule has 0 fully saturated rings. The van der Waals surface area contributed by atoms with E-state index in [0.29, 0.717) is 0 Å². The molecule has 0 radical (unpaired) electrons. The van der Waals surface area contributed by atoms with Crippen molar-refractivity contribution < 1.29 is 0 Å². The van der Waals surface area contributed by atoms with Crippen LogP contribution in [0.2, 0.25) is 0 Å². The molecule has 1 rings (SSSR count). The number of nitrogens with two attached hydrogens (primary N) is 1. The fourth-order valence-corrected chi connectivity index (χ4v) is 0.980. The summed E-state index contributed by atoms with van der Waals surface area (Å²) in [7, 11) is 0. The Kier molecular flexibility index (Phi) is 2.98. The second-order valence-corrected chi connectivity index (χ2v) is 2.57. The van der Waals surface area contributed by atoms with Gasteiger partial charge in [0.05, 0.1) is 0 Å². The third-order valence-electron chi connectivity index (χ3n) is 1.61. The summed E-state index contributed by atoms with van der Waals surface area (Å²) in [6.07, 6.45) is 7.15. The minimum atomic E-state index is 0.0983. The van der Waals surface area contributed by atoms with E-state index in [0.717, 1.165) is 18.4 Å². The molecule has 0 aromatic carbocycles. The van der Waals surface area contributed by atoms with Crippen LogP contribution in [-0.4, -0.2) is 9.97 Å². The molecule has 0 bridgehead atoms. The summed E-state index contributed by atoms with van der Waals surface area (Å²) in [4.78, 5) is 7.79. The van der Waals surface area contributed by atoms with Crippen LogP contribution in [0, 0.1) is 0 Å². The van der Waals surface area contributed by atoms with Crippen LogP contribution in [-0.2, 0) is 0 Å². The monoisotopic (exact) mass is 151 g/mol. The van der Waals surface area contributed by atoms with Crippen molar-refractivity contribution >= 4 is 0 Å². The van der Waals surface area contributed by atoms with Crippen molar-refractivity contribution in [2.45, 2.75) is 25.8 Å². The van der Waals surface area contributed by atoms with Gasteiger partial charge in [-0.05, 0) is 6.42 Å². The van der Waals surface area contributed by atoms with Gasteiger partial charge < -0.3 is 5.73 Å². The molecule has 11 heavy (non-hydrogen) atoms. The molecule has 3 heteroatoms. The maximum absolute atomic E-state index is 5.83. The summed E-state index contributed by atoms with van der Waals surface area (Å²) in [5.74, 6) is 0. The molecule has 3 nitrogen and oxygen atoms in total. The molecule has 1 aromatic heterocycles. The summed E-state index contributed by atoms with van der Waals surface area (Å²) in [6.45, 7) is 2.11. The van der Waals surface area contributed by atoms with Crippen molar-refractivity contribution in [1.82, 2.24) is 9.97 Å². The molecular weight excluding hydrogens is 138 g/mol. The van der Waals surface area contributed by atoms with E-state index < -0.39 is 0 Å². The number of aromatic nitrogens is 2. The Morgan fingerprint density at radius 1 is 1.45 bits per heavy atom. The van der Waals surface area contributed by atoms with Gasteiger partial charge in [0.15, 0.2) is 0 Å². The fraction of sp³-hybridized carbons (Fsp3) is 0.500. The van der Waals surface area contributed by atoms with Crippen LogP contribution in [0.25, 0.3) is 0 Å². The summed E-state index contributed by atoms with van der Waals surface area (Å²) >= 11 is 0. The van der Waals surface area contributed by atoms with Gasteiger partial charge in [-0.1, -0.05) is 13.3 Å². The number of hydrogen-bond donors (Lipinski definition) is 1. The van der Waals surface area contributed by atoms with Crippen molar-refractivity contribution in [1.29, 1.82) is 0 Å². The molecule has 0 aliphatic heterocycles. The highest BCUT2D eigenvalue weighted by atomic mass is 14.8. The summed E-state index contributed by atoms with van der Waals surface area (Å²) in [6, 6.07) is 0.0983. The predicted octanol–water partition coefficient (Wildman–Crippen LogP) is 1.28. The van der Waals surface area contributed by atoms with Gasteiger partial charge in [-0.2, -0.15) is 0 Å². The number of rotatable bonds is 3. The molecule has 0 aliphatic rings. The van der Waals surface area contributed by atoms with Crippen molar-refractivity contribution in [3.8, 4) is 0 Å². The first-order valence-electron chi connectivity index (χ1n) is 3.85. The van der Waals surface area contributed by atoms with E-state index >= 15 is 0 Å². The van der Waals surface area contributed by atoms with Crippen molar-refractivity contribution in [3.05, 3.63) is 24.3 Å². The smallest absolute Gasteiger partial charge is 0.115 e. The molecule has 0 saturated carbocycles. The van der Waals surface area contributed by atoms with Gasteiger partial charge in [0, 0.05) is 24.0 Å². The average Bonchev–Trinajstić information content (AvgIpc) is 2.07.